The second-order valence-electron chi connectivity index (χ2n) is 0.577. The van der Waals surface area contributed by atoms with Gasteiger partial charge in [-0.2, -0.15) is 13.1 Å². The van der Waals surface area contributed by atoms with Crippen molar-refractivity contribution >= 4 is 10.3 Å². The Balaban J connectivity index is 3.85. The van der Waals surface area contributed by atoms with E-state index in [1.807, 2.05) is 0 Å². The minimum absolute atomic E-state index is 0.882. The summed E-state index contributed by atoms with van der Waals surface area (Å²) in [4.78, 5) is 0. The van der Waals surface area contributed by atoms with Crippen molar-refractivity contribution in [2.45, 2.75) is 0 Å². The highest BCUT2D eigenvalue weighted by molar-refractivity contribution is 7.83. The van der Waals surface area contributed by atoms with Crippen LogP contribution >= 0.6 is 0 Å². The number of nitrogens with one attached hydrogen (secondary N) is 1. The molecule has 2 N–H and O–H groups in total. The lowest BCUT2D eigenvalue weighted by Crippen LogP contribution is -2.13. The molecule has 0 aliphatic rings. The number of hydrogen-bond acceptors (Lipinski definition) is 2. The van der Waals surface area contributed by atoms with Crippen LogP contribution in [-0.4, -0.2) is 13.0 Å². The van der Waals surface area contributed by atoms with E-state index in [1.54, 1.807) is 0 Å². The van der Waals surface area contributed by atoms with Gasteiger partial charge in [-0.1, -0.05) is 0 Å². The van der Waals surface area contributed by atoms with Crippen molar-refractivity contribution in [2.75, 3.05) is 0 Å². The molecule has 0 spiro atoms. The van der Waals surface area contributed by atoms with Crippen LogP contribution in [-0.2, 0) is 10.3 Å². The Morgan fingerprint density at radius 1 is 1.67 bits per heavy atom. The molecule has 0 amide bonds. The van der Waals surface area contributed by atoms with Crippen molar-refractivity contribution in [1.29, 1.82) is 0 Å². The highest BCUT2D eigenvalue weighted by Crippen LogP contribution is 1.63. The Bertz CT molecular complexity index is 113. The topological polar surface area (TPSA) is 66.4 Å². The van der Waals surface area contributed by atoms with Crippen molar-refractivity contribution < 1.29 is 13.0 Å². The first-order valence-corrected chi connectivity index (χ1v) is 2.41. The maximum atomic E-state index is 9.26. The SMILES string of the molecule is [C]NS(=O)(=O)O. The molecule has 4 nitrogen and oxygen atoms in total. The van der Waals surface area contributed by atoms with Crippen molar-refractivity contribution in [2.24, 2.45) is 0 Å². The van der Waals surface area contributed by atoms with Gasteiger partial charge in [0.25, 0.3) is 0 Å². The normalized spacial score (nSPS) is 11.7. The highest BCUT2D eigenvalue weighted by Gasteiger charge is 1.92. The van der Waals surface area contributed by atoms with Gasteiger partial charge >= 0.3 is 10.3 Å². The molecular formula is CH2NO3S. The Labute approximate surface area is 36.1 Å². The average Bonchev–Trinajstić information content (AvgIpc) is 1.35. The van der Waals surface area contributed by atoms with Gasteiger partial charge in [-0.05, 0) is 0 Å². The molecule has 0 aromatic rings. The average molecular weight is 108 g/mol. The maximum Gasteiger partial charge on any atom is 0.334 e. The molecule has 0 aromatic heterocycles. The van der Waals surface area contributed by atoms with E-state index in [2.05, 4.69) is 0 Å². The van der Waals surface area contributed by atoms with Crippen LogP contribution in [0.25, 0.3) is 0 Å². The zero-order valence-corrected chi connectivity index (χ0v) is 3.49. The molecule has 0 heterocycles. The van der Waals surface area contributed by atoms with E-state index < -0.39 is 10.3 Å². The third-order valence-electron chi connectivity index (χ3n) is 0.129. The summed E-state index contributed by atoms with van der Waals surface area (Å²) in [6, 6.07) is 0. The van der Waals surface area contributed by atoms with Crippen LogP contribution in [0, 0.1) is 7.05 Å². The predicted molar refractivity (Wildman–Crippen MR) is 17.9 cm³/mol. The summed E-state index contributed by atoms with van der Waals surface area (Å²) < 4.78 is 26.9. The molecule has 0 aliphatic heterocycles. The third-order valence-corrected chi connectivity index (χ3v) is 0.387. The van der Waals surface area contributed by atoms with Crippen LogP contribution < -0.4 is 4.72 Å². The van der Waals surface area contributed by atoms with Gasteiger partial charge in [-0.15, -0.1) is 0 Å². The first-order chi connectivity index (χ1) is 2.56. The standard InChI is InChI=1S/CH2NO3S/c1-2-6(3,4)5/h2H,(H,3,4,5). The van der Waals surface area contributed by atoms with Gasteiger partial charge in [0.1, 0.15) is 7.05 Å². The van der Waals surface area contributed by atoms with Crippen molar-refractivity contribution in [3.63, 3.8) is 0 Å². The molecule has 5 heteroatoms. The van der Waals surface area contributed by atoms with Gasteiger partial charge in [-0.25, -0.2) is 0 Å². The minimum atomic E-state index is -4.25. The molecule has 0 unspecified atom stereocenters. The predicted octanol–water partition coefficient (Wildman–Crippen LogP) is -1.08. The smallest absolute Gasteiger partial charge is 0.273 e. The van der Waals surface area contributed by atoms with E-state index in [4.69, 9.17) is 11.6 Å². The highest BCUT2D eigenvalue weighted by atomic mass is 32.2. The number of hydrogen-bond donors (Lipinski definition) is 2. The molecule has 0 rings (SSSR count). The monoisotopic (exact) mass is 108 g/mol. The largest absolute Gasteiger partial charge is 0.334 e. The first kappa shape index (κ1) is 5.87. The van der Waals surface area contributed by atoms with Crippen LogP contribution in [0.15, 0.2) is 0 Å². The Kier molecular flexibility index (Phi) is 1.51. The fourth-order valence-corrected chi connectivity index (χ4v) is 0. The Hall–Kier alpha value is -0.130. The molecule has 35 valence electrons. The molecule has 0 bridgehead atoms. The molecule has 0 aromatic carbocycles. The summed E-state index contributed by atoms with van der Waals surface area (Å²) in [7, 11) is 1.52. The second kappa shape index (κ2) is 1.55. The van der Waals surface area contributed by atoms with E-state index in [9.17, 15) is 8.42 Å². The summed E-state index contributed by atoms with van der Waals surface area (Å²) in [5.74, 6) is 0. The van der Waals surface area contributed by atoms with E-state index in [1.165, 1.54) is 0 Å². The molecular weight excluding hydrogens is 106 g/mol. The summed E-state index contributed by atoms with van der Waals surface area (Å²) >= 11 is 0. The van der Waals surface area contributed by atoms with E-state index in [0.717, 1.165) is 4.72 Å². The molecule has 0 aliphatic carbocycles. The van der Waals surface area contributed by atoms with Gasteiger partial charge < -0.3 is 0 Å². The van der Waals surface area contributed by atoms with Gasteiger partial charge in [-0.3, -0.25) is 4.55 Å². The minimum Gasteiger partial charge on any atom is -0.273 e. The van der Waals surface area contributed by atoms with Gasteiger partial charge in [0.2, 0.25) is 0 Å². The molecule has 3 radical (unpaired) electrons. The van der Waals surface area contributed by atoms with Crippen LogP contribution in [0.2, 0.25) is 0 Å². The summed E-state index contributed by atoms with van der Waals surface area (Å²) in [5, 5.41) is 0. The molecule has 6 heavy (non-hydrogen) atoms. The second-order valence-corrected chi connectivity index (χ2v) is 1.73. The summed E-state index contributed by atoms with van der Waals surface area (Å²) in [5.41, 5.74) is 0. The fourth-order valence-electron chi connectivity index (χ4n) is 0. The van der Waals surface area contributed by atoms with E-state index >= 15 is 0 Å². The van der Waals surface area contributed by atoms with Crippen LogP contribution in [0.1, 0.15) is 0 Å². The van der Waals surface area contributed by atoms with E-state index in [0.29, 0.717) is 0 Å². The zero-order chi connectivity index (χ0) is 5.21. The fraction of sp³-hybridized carbons (Fsp3) is 0. The molecule has 0 fully saturated rings. The van der Waals surface area contributed by atoms with Crippen molar-refractivity contribution in [1.82, 2.24) is 4.72 Å². The molecule has 0 atom stereocenters. The molecule has 0 saturated carbocycles. The van der Waals surface area contributed by atoms with Crippen molar-refractivity contribution in [3.8, 4) is 0 Å². The zero-order valence-electron chi connectivity index (χ0n) is 2.67. The van der Waals surface area contributed by atoms with Crippen LogP contribution in [0.4, 0.5) is 0 Å². The quantitative estimate of drug-likeness (QED) is 0.420. The van der Waals surface area contributed by atoms with Gasteiger partial charge in [0, 0.05) is 0 Å². The van der Waals surface area contributed by atoms with Crippen molar-refractivity contribution in [3.05, 3.63) is 7.05 Å². The lowest BCUT2D eigenvalue weighted by Gasteiger charge is -1.82. The summed E-state index contributed by atoms with van der Waals surface area (Å²) in [6.45, 7) is 0. The Morgan fingerprint density at radius 2 is 1.83 bits per heavy atom. The first-order valence-electron chi connectivity index (χ1n) is 0.970. The van der Waals surface area contributed by atoms with Gasteiger partial charge in [0.15, 0.2) is 0 Å². The maximum absolute atomic E-state index is 9.26. The Morgan fingerprint density at radius 3 is 1.83 bits per heavy atom. The van der Waals surface area contributed by atoms with Crippen LogP contribution in [0.3, 0.4) is 0 Å². The lowest BCUT2D eigenvalue weighted by atomic mass is 11.6. The van der Waals surface area contributed by atoms with E-state index in [-0.39, 0.29) is 0 Å². The lowest BCUT2D eigenvalue weighted by molar-refractivity contribution is 0.476. The van der Waals surface area contributed by atoms with Gasteiger partial charge in [0.05, 0.1) is 0 Å². The molecule has 0 saturated heterocycles. The summed E-state index contributed by atoms with van der Waals surface area (Å²) in [6.07, 6.45) is 0. The third kappa shape index (κ3) is 3.87. The van der Waals surface area contributed by atoms with Crippen LogP contribution in [0.5, 0.6) is 0 Å². The number of rotatable bonds is 1.